The van der Waals surface area contributed by atoms with E-state index < -0.39 is 0 Å². The molecule has 3 aromatic heterocycles. The quantitative estimate of drug-likeness (QED) is 0.705. The van der Waals surface area contributed by atoms with E-state index in [1.54, 1.807) is 0 Å². The fraction of sp³-hybridized carbons (Fsp3) is 0.333. The lowest BCUT2D eigenvalue weighted by molar-refractivity contribution is 0.0945. The molecule has 0 bridgehead atoms. The minimum absolute atomic E-state index is 0.0746. The first-order valence-corrected chi connectivity index (χ1v) is 7.66. The van der Waals surface area contributed by atoms with Crippen LogP contribution in [0, 0.1) is 0 Å². The zero-order valence-electron chi connectivity index (χ0n) is 13.3. The number of ether oxygens (including phenoxy) is 1. The normalized spacial score (nSPS) is 13.6. The molecule has 1 fully saturated rings. The van der Waals surface area contributed by atoms with Crippen molar-refractivity contribution < 1.29 is 18.6 Å². The Morgan fingerprint density at radius 3 is 2.80 bits per heavy atom. The van der Waals surface area contributed by atoms with E-state index in [0.29, 0.717) is 23.0 Å². The fourth-order valence-corrected chi connectivity index (χ4v) is 2.18. The number of nitrogens with one attached hydrogen (secondary N) is 1. The van der Waals surface area contributed by atoms with Gasteiger partial charge >= 0.3 is 6.01 Å². The second-order valence-corrected chi connectivity index (χ2v) is 5.54. The van der Waals surface area contributed by atoms with Crippen LogP contribution in [0.4, 0.5) is 0 Å². The van der Waals surface area contributed by atoms with Gasteiger partial charge in [0.1, 0.15) is 5.76 Å². The van der Waals surface area contributed by atoms with Gasteiger partial charge in [0.25, 0.3) is 5.91 Å². The first-order valence-electron chi connectivity index (χ1n) is 7.66. The fourth-order valence-electron chi connectivity index (χ4n) is 2.18. The predicted octanol–water partition coefficient (Wildman–Crippen LogP) is 1.33. The maximum Gasteiger partial charge on any atom is 0.316 e. The minimum Gasteiger partial charge on any atom is -0.467 e. The number of nitrogens with zero attached hydrogens (tertiary/aromatic N) is 5. The molecule has 0 aromatic carbocycles. The molecule has 0 unspecified atom stereocenters. The van der Waals surface area contributed by atoms with E-state index in [2.05, 4.69) is 30.6 Å². The van der Waals surface area contributed by atoms with E-state index >= 15 is 0 Å². The number of aromatic nitrogens is 5. The van der Waals surface area contributed by atoms with E-state index in [-0.39, 0.29) is 24.4 Å². The number of methoxy groups -OCH3 is 1. The maximum atomic E-state index is 12.0. The van der Waals surface area contributed by atoms with Gasteiger partial charge in [-0.1, -0.05) is 10.3 Å². The molecule has 0 saturated heterocycles. The van der Waals surface area contributed by atoms with Crippen molar-refractivity contribution in [1.29, 1.82) is 0 Å². The average Bonchev–Trinajstić information content (AvgIpc) is 3.19. The van der Waals surface area contributed by atoms with Crippen LogP contribution in [0.1, 0.15) is 40.8 Å². The van der Waals surface area contributed by atoms with E-state index in [4.69, 9.17) is 13.8 Å². The van der Waals surface area contributed by atoms with Crippen LogP contribution < -0.4 is 10.1 Å². The number of carbonyl (C=O) groups is 1. The molecule has 1 amide bonds. The van der Waals surface area contributed by atoms with E-state index in [0.717, 1.165) is 18.6 Å². The second-order valence-electron chi connectivity index (χ2n) is 5.54. The summed E-state index contributed by atoms with van der Waals surface area (Å²) >= 11 is 0. The van der Waals surface area contributed by atoms with Crippen LogP contribution in [0.5, 0.6) is 6.01 Å². The van der Waals surface area contributed by atoms with Crippen molar-refractivity contribution in [3.63, 3.8) is 0 Å². The van der Waals surface area contributed by atoms with Crippen LogP contribution in [-0.2, 0) is 6.54 Å². The number of hydrogen-bond acceptors (Lipinski definition) is 9. The molecule has 0 radical (unpaired) electrons. The number of amides is 1. The molecule has 4 rings (SSSR count). The summed E-state index contributed by atoms with van der Waals surface area (Å²) in [6.07, 6.45) is 4.98. The van der Waals surface area contributed by atoms with Crippen LogP contribution in [0.25, 0.3) is 11.5 Å². The topological polar surface area (TPSA) is 129 Å². The molecule has 10 nitrogen and oxygen atoms in total. The van der Waals surface area contributed by atoms with E-state index in [1.807, 2.05) is 6.07 Å². The molecule has 3 heterocycles. The molecule has 25 heavy (non-hydrogen) atoms. The summed E-state index contributed by atoms with van der Waals surface area (Å²) in [4.78, 5) is 24.0. The minimum atomic E-state index is -0.361. The summed E-state index contributed by atoms with van der Waals surface area (Å²) in [6.45, 7) is 0.0746. The Morgan fingerprint density at radius 1 is 1.28 bits per heavy atom. The zero-order chi connectivity index (χ0) is 17.2. The zero-order valence-corrected chi connectivity index (χ0v) is 13.3. The van der Waals surface area contributed by atoms with Crippen LogP contribution in [0.2, 0.25) is 0 Å². The van der Waals surface area contributed by atoms with Crippen molar-refractivity contribution in [1.82, 2.24) is 30.6 Å². The van der Waals surface area contributed by atoms with Crippen LogP contribution >= 0.6 is 0 Å². The van der Waals surface area contributed by atoms with Crippen LogP contribution in [0.3, 0.4) is 0 Å². The molecule has 1 aliphatic carbocycles. The van der Waals surface area contributed by atoms with E-state index in [1.165, 1.54) is 19.5 Å². The third-order valence-electron chi connectivity index (χ3n) is 3.68. The Labute approximate surface area is 141 Å². The third-order valence-corrected chi connectivity index (χ3v) is 3.68. The lowest BCUT2D eigenvalue weighted by atomic mass is 10.3. The van der Waals surface area contributed by atoms with Crippen molar-refractivity contribution in [2.45, 2.75) is 25.3 Å². The summed E-state index contributed by atoms with van der Waals surface area (Å²) in [5.74, 6) is 1.52. The van der Waals surface area contributed by atoms with Crippen molar-refractivity contribution in [3.05, 3.63) is 35.7 Å². The van der Waals surface area contributed by atoms with Gasteiger partial charge in [-0.3, -0.25) is 4.79 Å². The Balaban J connectivity index is 1.37. The molecular formula is C15H14N6O4. The molecule has 1 aliphatic rings. The molecule has 0 atom stereocenters. The van der Waals surface area contributed by atoms with Gasteiger partial charge in [0, 0.05) is 24.4 Å². The first-order chi connectivity index (χ1) is 12.2. The number of rotatable bonds is 6. The summed E-state index contributed by atoms with van der Waals surface area (Å²) in [7, 11) is 1.45. The molecule has 3 aromatic rings. The van der Waals surface area contributed by atoms with Crippen molar-refractivity contribution in [2.24, 2.45) is 0 Å². The first kappa shape index (κ1) is 15.2. The maximum absolute atomic E-state index is 12.0. The van der Waals surface area contributed by atoms with Crippen LogP contribution in [-0.4, -0.2) is 38.3 Å². The lowest BCUT2D eigenvalue weighted by Crippen LogP contribution is -2.23. The predicted molar refractivity (Wildman–Crippen MR) is 81.5 cm³/mol. The molecule has 0 spiro atoms. The van der Waals surface area contributed by atoms with E-state index in [9.17, 15) is 4.79 Å². The average molecular weight is 342 g/mol. The van der Waals surface area contributed by atoms with Gasteiger partial charge in [0.15, 0.2) is 5.69 Å². The molecule has 1 N–H and O–H groups in total. The number of carbonyl (C=O) groups excluding carboxylic acids is 1. The Hall–Kier alpha value is -3.30. The monoisotopic (exact) mass is 342 g/mol. The highest BCUT2D eigenvalue weighted by Gasteiger charge is 2.28. The molecule has 0 aliphatic heterocycles. The summed E-state index contributed by atoms with van der Waals surface area (Å²) < 4.78 is 15.2. The van der Waals surface area contributed by atoms with Gasteiger partial charge in [0.05, 0.1) is 19.2 Å². The van der Waals surface area contributed by atoms with Gasteiger partial charge in [-0.2, -0.15) is 4.98 Å². The number of hydrogen-bond donors (Lipinski definition) is 1. The molecule has 128 valence electrons. The largest absolute Gasteiger partial charge is 0.467 e. The Kier molecular flexibility index (Phi) is 3.84. The summed E-state index contributed by atoms with van der Waals surface area (Å²) in [5.41, 5.74) is 0.817. The highest BCUT2D eigenvalue weighted by molar-refractivity contribution is 5.93. The molecular weight excluding hydrogens is 328 g/mol. The standard InChI is InChI=1S/C15H14N6O4/c1-23-15-17-5-9(6-18-15)14(22)16-7-12-19-13(21-25-12)10-4-11(24-20-10)8-2-3-8/h4-6,8H,2-3,7H2,1H3,(H,16,22). The molecule has 1 saturated carbocycles. The van der Waals surface area contributed by atoms with Gasteiger partial charge < -0.3 is 19.1 Å². The van der Waals surface area contributed by atoms with Crippen molar-refractivity contribution in [3.8, 4) is 17.5 Å². The van der Waals surface area contributed by atoms with Crippen molar-refractivity contribution >= 4 is 5.91 Å². The second kappa shape index (κ2) is 6.30. The van der Waals surface area contributed by atoms with Crippen LogP contribution in [0.15, 0.2) is 27.5 Å². The smallest absolute Gasteiger partial charge is 0.316 e. The summed E-state index contributed by atoms with van der Waals surface area (Å²) in [5, 5.41) is 10.4. The third kappa shape index (κ3) is 3.32. The van der Waals surface area contributed by atoms with Crippen molar-refractivity contribution in [2.75, 3.05) is 7.11 Å². The van der Waals surface area contributed by atoms with Gasteiger partial charge in [-0.05, 0) is 12.8 Å². The Bertz CT molecular complexity index is 884. The lowest BCUT2D eigenvalue weighted by Gasteiger charge is -2.02. The SMILES string of the molecule is COc1ncc(C(=O)NCc2nc(-c3cc(C4CC4)on3)no2)cn1. The summed E-state index contributed by atoms with van der Waals surface area (Å²) in [6, 6.07) is 2.01. The van der Waals surface area contributed by atoms with Gasteiger partial charge in [0.2, 0.25) is 11.7 Å². The van der Waals surface area contributed by atoms with Gasteiger partial charge in [-0.25, -0.2) is 9.97 Å². The highest BCUT2D eigenvalue weighted by Crippen LogP contribution is 2.40. The Morgan fingerprint density at radius 2 is 2.08 bits per heavy atom. The highest BCUT2D eigenvalue weighted by atomic mass is 16.5. The molecule has 10 heteroatoms. The van der Waals surface area contributed by atoms with Gasteiger partial charge in [-0.15, -0.1) is 0 Å².